The summed E-state index contributed by atoms with van der Waals surface area (Å²) in [5.41, 5.74) is 2.66. The average molecular weight is 188 g/mol. The van der Waals surface area contributed by atoms with Gasteiger partial charge in [0.2, 0.25) is 0 Å². The molecule has 1 aromatic heterocycles. The number of nitrogens with zero attached hydrogens (tertiary/aromatic N) is 2. The van der Waals surface area contributed by atoms with Crippen molar-refractivity contribution < 1.29 is 0 Å². The monoisotopic (exact) mass is 188 g/mol. The van der Waals surface area contributed by atoms with Gasteiger partial charge in [-0.05, 0) is 26.2 Å². The predicted octanol–water partition coefficient (Wildman–Crippen LogP) is 2.64. The van der Waals surface area contributed by atoms with Gasteiger partial charge in [-0.1, -0.05) is 19.3 Å². The van der Waals surface area contributed by atoms with Gasteiger partial charge < -0.3 is 0 Å². The Morgan fingerprint density at radius 3 is 2.86 bits per heavy atom. The minimum atomic E-state index is 0.820. The standard InChI is InChI=1S/C12H16N2/c1-4-5-6-7-8-12-11(3)13-9-10(2)14-12/h9H,4-6H2,1-3H3. The van der Waals surface area contributed by atoms with Crippen LogP contribution in [0.15, 0.2) is 6.20 Å². The SMILES string of the molecule is CCCCC#Cc1nc(C)cnc1C. The third-order valence-corrected chi connectivity index (χ3v) is 1.94. The van der Waals surface area contributed by atoms with Gasteiger partial charge >= 0.3 is 0 Å². The van der Waals surface area contributed by atoms with Crippen molar-refractivity contribution in [2.75, 3.05) is 0 Å². The summed E-state index contributed by atoms with van der Waals surface area (Å²) < 4.78 is 0. The number of unbranched alkanes of at least 4 members (excludes halogenated alkanes) is 2. The number of rotatable bonds is 2. The molecular weight excluding hydrogens is 172 g/mol. The summed E-state index contributed by atoms with van der Waals surface area (Å²) in [5, 5.41) is 0. The van der Waals surface area contributed by atoms with E-state index in [-0.39, 0.29) is 0 Å². The van der Waals surface area contributed by atoms with Gasteiger partial charge in [-0.25, -0.2) is 4.98 Å². The topological polar surface area (TPSA) is 25.8 Å². The minimum Gasteiger partial charge on any atom is -0.257 e. The van der Waals surface area contributed by atoms with Gasteiger partial charge in [0, 0.05) is 12.6 Å². The fraction of sp³-hybridized carbons (Fsp3) is 0.500. The molecule has 0 aliphatic heterocycles. The second-order valence-electron chi connectivity index (χ2n) is 3.35. The van der Waals surface area contributed by atoms with Crippen LogP contribution in [0.25, 0.3) is 0 Å². The number of aromatic nitrogens is 2. The van der Waals surface area contributed by atoms with Gasteiger partial charge in [-0.2, -0.15) is 0 Å². The highest BCUT2D eigenvalue weighted by Crippen LogP contribution is 2.00. The van der Waals surface area contributed by atoms with Crippen LogP contribution in [-0.4, -0.2) is 9.97 Å². The van der Waals surface area contributed by atoms with E-state index in [0.717, 1.165) is 29.9 Å². The van der Waals surface area contributed by atoms with Crippen LogP contribution in [0.3, 0.4) is 0 Å². The van der Waals surface area contributed by atoms with Crippen LogP contribution in [0.4, 0.5) is 0 Å². The summed E-state index contributed by atoms with van der Waals surface area (Å²) in [6, 6.07) is 0. The van der Waals surface area contributed by atoms with E-state index in [1.54, 1.807) is 6.20 Å². The quantitative estimate of drug-likeness (QED) is 0.526. The molecule has 74 valence electrons. The summed E-state index contributed by atoms with van der Waals surface area (Å²) in [6.07, 6.45) is 5.07. The van der Waals surface area contributed by atoms with Gasteiger partial charge in [-0.3, -0.25) is 4.98 Å². The van der Waals surface area contributed by atoms with Crippen molar-refractivity contribution in [3.8, 4) is 11.8 Å². The number of hydrogen-bond donors (Lipinski definition) is 0. The lowest BCUT2D eigenvalue weighted by Crippen LogP contribution is -1.94. The van der Waals surface area contributed by atoms with Gasteiger partial charge in [-0.15, -0.1) is 0 Å². The number of hydrogen-bond acceptors (Lipinski definition) is 2. The molecule has 0 atom stereocenters. The van der Waals surface area contributed by atoms with E-state index in [1.807, 2.05) is 13.8 Å². The molecule has 0 aliphatic rings. The summed E-state index contributed by atoms with van der Waals surface area (Å²) in [4.78, 5) is 8.55. The Kier molecular flexibility index (Phi) is 4.12. The van der Waals surface area contributed by atoms with Gasteiger partial charge in [0.25, 0.3) is 0 Å². The molecule has 1 heterocycles. The maximum Gasteiger partial charge on any atom is 0.134 e. The zero-order valence-electron chi connectivity index (χ0n) is 9.09. The highest BCUT2D eigenvalue weighted by atomic mass is 14.8. The van der Waals surface area contributed by atoms with Crippen LogP contribution in [0.1, 0.15) is 43.3 Å². The molecule has 0 amide bonds. The predicted molar refractivity (Wildman–Crippen MR) is 57.9 cm³/mol. The Balaban J connectivity index is 2.73. The Morgan fingerprint density at radius 2 is 2.14 bits per heavy atom. The molecule has 0 unspecified atom stereocenters. The Morgan fingerprint density at radius 1 is 1.36 bits per heavy atom. The van der Waals surface area contributed by atoms with E-state index >= 15 is 0 Å². The van der Waals surface area contributed by atoms with Crippen LogP contribution in [0.5, 0.6) is 0 Å². The van der Waals surface area contributed by atoms with Crippen molar-refractivity contribution in [2.24, 2.45) is 0 Å². The molecule has 0 saturated heterocycles. The van der Waals surface area contributed by atoms with Gasteiger partial charge in [0.1, 0.15) is 5.69 Å². The first kappa shape index (κ1) is 10.7. The molecule has 1 rings (SSSR count). The molecule has 14 heavy (non-hydrogen) atoms. The fourth-order valence-electron chi connectivity index (χ4n) is 1.07. The van der Waals surface area contributed by atoms with E-state index in [1.165, 1.54) is 6.42 Å². The summed E-state index contributed by atoms with van der Waals surface area (Å²) in [7, 11) is 0. The fourth-order valence-corrected chi connectivity index (χ4v) is 1.07. The first-order valence-electron chi connectivity index (χ1n) is 5.03. The minimum absolute atomic E-state index is 0.820. The molecule has 0 N–H and O–H groups in total. The average Bonchev–Trinajstić information content (AvgIpc) is 2.18. The van der Waals surface area contributed by atoms with E-state index in [2.05, 4.69) is 28.7 Å². The molecule has 0 spiro atoms. The lowest BCUT2D eigenvalue weighted by Gasteiger charge is -1.96. The third-order valence-electron chi connectivity index (χ3n) is 1.94. The Labute approximate surface area is 85.8 Å². The smallest absolute Gasteiger partial charge is 0.134 e. The Bertz CT molecular complexity index is 358. The molecule has 0 fully saturated rings. The molecule has 2 heteroatoms. The lowest BCUT2D eigenvalue weighted by molar-refractivity contribution is 0.828. The largest absolute Gasteiger partial charge is 0.257 e. The van der Waals surface area contributed by atoms with Crippen LogP contribution in [-0.2, 0) is 0 Å². The van der Waals surface area contributed by atoms with Crippen molar-refractivity contribution in [3.63, 3.8) is 0 Å². The molecule has 0 saturated carbocycles. The summed E-state index contributed by atoms with van der Waals surface area (Å²) in [5.74, 6) is 6.18. The Hall–Kier alpha value is -1.36. The van der Waals surface area contributed by atoms with E-state index in [4.69, 9.17) is 0 Å². The first-order chi connectivity index (χ1) is 6.74. The van der Waals surface area contributed by atoms with E-state index in [0.29, 0.717) is 0 Å². The molecule has 0 aliphatic carbocycles. The van der Waals surface area contributed by atoms with Crippen molar-refractivity contribution in [2.45, 2.75) is 40.0 Å². The summed E-state index contributed by atoms with van der Waals surface area (Å²) in [6.45, 7) is 6.04. The molecule has 0 radical (unpaired) electrons. The second kappa shape index (κ2) is 5.39. The molecule has 0 aromatic carbocycles. The maximum absolute atomic E-state index is 4.33. The molecule has 2 nitrogen and oxygen atoms in total. The lowest BCUT2D eigenvalue weighted by atomic mass is 10.2. The second-order valence-corrected chi connectivity index (χ2v) is 3.35. The summed E-state index contributed by atoms with van der Waals surface area (Å²) >= 11 is 0. The zero-order valence-corrected chi connectivity index (χ0v) is 9.09. The normalized spacial score (nSPS) is 9.36. The van der Waals surface area contributed by atoms with Crippen LogP contribution >= 0.6 is 0 Å². The maximum atomic E-state index is 4.33. The van der Waals surface area contributed by atoms with Crippen LogP contribution in [0.2, 0.25) is 0 Å². The zero-order chi connectivity index (χ0) is 10.4. The van der Waals surface area contributed by atoms with Crippen molar-refractivity contribution in [1.29, 1.82) is 0 Å². The van der Waals surface area contributed by atoms with E-state index < -0.39 is 0 Å². The highest BCUT2D eigenvalue weighted by Gasteiger charge is 1.96. The molecule has 0 bridgehead atoms. The number of aryl methyl sites for hydroxylation is 2. The van der Waals surface area contributed by atoms with Crippen molar-refractivity contribution in [3.05, 3.63) is 23.3 Å². The first-order valence-corrected chi connectivity index (χ1v) is 5.03. The highest BCUT2D eigenvalue weighted by molar-refractivity contribution is 5.31. The van der Waals surface area contributed by atoms with Gasteiger partial charge in [0.05, 0.1) is 11.4 Å². The van der Waals surface area contributed by atoms with E-state index in [9.17, 15) is 0 Å². The van der Waals surface area contributed by atoms with Crippen molar-refractivity contribution in [1.82, 2.24) is 9.97 Å². The molecular formula is C12H16N2. The van der Waals surface area contributed by atoms with Crippen LogP contribution < -0.4 is 0 Å². The third kappa shape index (κ3) is 3.18. The van der Waals surface area contributed by atoms with Crippen molar-refractivity contribution >= 4 is 0 Å². The van der Waals surface area contributed by atoms with Gasteiger partial charge in [0.15, 0.2) is 0 Å². The van der Waals surface area contributed by atoms with Crippen LogP contribution in [0, 0.1) is 25.7 Å². The molecule has 1 aromatic rings.